The molecule has 37 heavy (non-hydrogen) atoms. The number of ether oxygens (including phenoxy) is 1. The molecule has 0 radical (unpaired) electrons. The number of benzene rings is 2. The number of carbonyl (C=O) groups excluding carboxylic acids is 3. The van der Waals surface area contributed by atoms with Crippen molar-refractivity contribution in [1.29, 1.82) is 0 Å². The molecule has 0 aliphatic heterocycles. The molecule has 2 heterocycles. The summed E-state index contributed by atoms with van der Waals surface area (Å²) in [5, 5.41) is 7.34. The van der Waals surface area contributed by atoms with E-state index >= 15 is 0 Å². The lowest BCUT2D eigenvalue weighted by molar-refractivity contribution is -0.126. The van der Waals surface area contributed by atoms with E-state index in [-0.39, 0.29) is 19.0 Å². The molecule has 2 N–H and O–H groups in total. The molecule has 0 aliphatic carbocycles. The normalized spacial score (nSPS) is 11.4. The Balaban J connectivity index is 1.71. The highest BCUT2D eigenvalue weighted by atomic mass is 32.1. The minimum Gasteiger partial charge on any atom is -0.495 e. The van der Waals surface area contributed by atoms with Gasteiger partial charge in [-0.3, -0.25) is 19.3 Å². The third-order valence-corrected chi connectivity index (χ3v) is 6.54. The maximum Gasteiger partial charge on any atom is 0.261 e. The molecule has 2 aromatic carbocycles. The molecule has 3 amide bonds. The average Bonchev–Trinajstić information content (AvgIpc) is 3.64. The van der Waals surface area contributed by atoms with Gasteiger partial charge in [0.1, 0.15) is 17.6 Å². The van der Waals surface area contributed by atoms with Crippen LogP contribution in [-0.2, 0) is 16.1 Å². The van der Waals surface area contributed by atoms with Crippen molar-refractivity contribution >= 4 is 34.7 Å². The summed E-state index contributed by atoms with van der Waals surface area (Å²) in [4.78, 5) is 41.9. The zero-order valence-electron chi connectivity index (χ0n) is 20.5. The minimum atomic E-state index is -1.04. The number of nitrogens with zero attached hydrogens (tertiary/aromatic N) is 1. The summed E-state index contributed by atoms with van der Waals surface area (Å²) in [7, 11) is 1.50. The Hall–Kier alpha value is -4.37. The third-order valence-electron chi connectivity index (χ3n) is 5.68. The molecule has 0 aliphatic rings. The molecule has 8 nitrogen and oxygen atoms in total. The standard InChI is InChI=1S/C28H27N3O5S/c1-19-11-13-20(14-12-19)26(28(34)29-17-21-7-5-15-36-21)31(22-8-3-4-9-23(22)35-2)25(32)18-30-27(33)24-10-6-16-37-24/h3-16,26H,17-18H2,1-2H3,(H,29,34)(H,30,33). The fraction of sp³-hybridized carbons (Fsp3) is 0.179. The number of furan rings is 1. The summed E-state index contributed by atoms with van der Waals surface area (Å²) < 4.78 is 10.9. The largest absolute Gasteiger partial charge is 0.495 e. The molecular weight excluding hydrogens is 490 g/mol. The number of methoxy groups -OCH3 is 1. The van der Waals surface area contributed by atoms with Crippen LogP contribution < -0.4 is 20.3 Å². The van der Waals surface area contributed by atoms with Crippen LogP contribution in [0.25, 0.3) is 0 Å². The van der Waals surface area contributed by atoms with Gasteiger partial charge in [-0.2, -0.15) is 0 Å². The summed E-state index contributed by atoms with van der Waals surface area (Å²) in [5.41, 5.74) is 2.02. The first-order valence-corrected chi connectivity index (χ1v) is 12.5. The van der Waals surface area contributed by atoms with Gasteiger partial charge in [0.25, 0.3) is 5.91 Å². The molecule has 4 aromatic rings. The Labute approximate surface area is 218 Å². The molecular formula is C28H27N3O5S. The average molecular weight is 518 g/mol. The smallest absolute Gasteiger partial charge is 0.261 e. The van der Waals surface area contributed by atoms with E-state index in [4.69, 9.17) is 9.15 Å². The number of hydrogen-bond acceptors (Lipinski definition) is 6. The second kappa shape index (κ2) is 12.0. The molecule has 190 valence electrons. The molecule has 9 heteroatoms. The van der Waals surface area contributed by atoms with E-state index in [0.717, 1.165) is 5.56 Å². The Kier molecular flexibility index (Phi) is 8.37. The van der Waals surface area contributed by atoms with E-state index in [2.05, 4.69) is 10.6 Å². The summed E-state index contributed by atoms with van der Waals surface area (Å²) in [5.74, 6) is -0.263. The molecule has 4 rings (SSSR count). The van der Waals surface area contributed by atoms with Crippen molar-refractivity contribution < 1.29 is 23.5 Å². The lowest BCUT2D eigenvalue weighted by atomic mass is 10.0. The highest BCUT2D eigenvalue weighted by Crippen LogP contribution is 2.35. The van der Waals surface area contributed by atoms with Crippen LogP contribution in [-0.4, -0.2) is 31.4 Å². The van der Waals surface area contributed by atoms with E-state index in [1.54, 1.807) is 53.9 Å². The second-order valence-corrected chi connectivity index (χ2v) is 9.15. The number of rotatable bonds is 10. The summed E-state index contributed by atoms with van der Waals surface area (Å²) >= 11 is 1.28. The summed E-state index contributed by atoms with van der Waals surface area (Å²) in [6.45, 7) is 1.78. The number of carbonyl (C=O) groups is 3. The van der Waals surface area contributed by atoms with Gasteiger partial charge in [0.15, 0.2) is 0 Å². The van der Waals surface area contributed by atoms with Crippen molar-refractivity contribution in [2.45, 2.75) is 19.5 Å². The van der Waals surface area contributed by atoms with Crippen LogP contribution in [0.15, 0.2) is 88.9 Å². The third kappa shape index (κ3) is 6.25. The number of hydrogen-bond donors (Lipinski definition) is 2. The maximum absolute atomic E-state index is 13.8. The van der Waals surface area contributed by atoms with Gasteiger partial charge < -0.3 is 19.8 Å². The van der Waals surface area contributed by atoms with Gasteiger partial charge >= 0.3 is 0 Å². The lowest BCUT2D eigenvalue weighted by Crippen LogP contribution is -2.47. The van der Waals surface area contributed by atoms with Crippen molar-refractivity contribution in [2.24, 2.45) is 0 Å². The molecule has 0 fully saturated rings. The zero-order chi connectivity index (χ0) is 26.2. The van der Waals surface area contributed by atoms with E-state index in [1.807, 2.05) is 31.2 Å². The van der Waals surface area contributed by atoms with Gasteiger partial charge in [-0.15, -0.1) is 11.3 Å². The first-order valence-electron chi connectivity index (χ1n) is 11.6. The topological polar surface area (TPSA) is 101 Å². The van der Waals surface area contributed by atoms with Crippen LogP contribution in [0.5, 0.6) is 5.75 Å². The first-order chi connectivity index (χ1) is 18.0. The van der Waals surface area contributed by atoms with Gasteiger partial charge in [0.05, 0.1) is 37.0 Å². The Bertz CT molecular complexity index is 1330. The molecule has 1 unspecified atom stereocenters. The second-order valence-electron chi connectivity index (χ2n) is 8.21. The van der Waals surface area contributed by atoms with Crippen molar-refractivity contribution in [1.82, 2.24) is 10.6 Å². The molecule has 1 atom stereocenters. The summed E-state index contributed by atoms with van der Waals surface area (Å²) in [6.07, 6.45) is 1.53. The van der Waals surface area contributed by atoms with Gasteiger partial charge in [0.2, 0.25) is 11.8 Å². The van der Waals surface area contributed by atoms with Gasteiger partial charge in [-0.05, 0) is 48.2 Å². The predicted molar refractivity (Wildman–Crippen MR) is 142 cm³/mol. The first kappa shape index (κ1) is 25.7. The molecule has 2 aromatic heterocycles. The number of aryl methyl sites for hydroxylation is 1. The zero-order valence-corrected chi connectivity index (χ0v) is 21.3. The Morgan fingerprint density at radius 3 is 2.43 bits per heavy atom. The van der Waals surface area contributed by atoms with Gasteiger partial charge in [0, 0.05) is 0 Å². The van der Waals surface area contributed by atoms with Crippen LogP contribution in [0, 0.1) is 6.92 Å². The fourth-order valence-electron chi connectivity index (χ4n) is 3.83. The Morgan fingerprint density at radius 1 is 0.973 bits per heavy atom. The van der Waals surface area contributed by atoms with E-state index < -0.39 is 17.9 Å². The molecule has 0 saturated heterocycles. The lowest BCUT2D eigenvalue weighted by Gasteiger charge is -2.32. The molecule has 0 spiro atoms. The SMILES string of the molecule is COc1ccccc1N(C(=O)CNC(=O)c1cccs1)C(C(=O)NCc1ccco1)c1ccc(C)cc1. The van der Waals surface area contributed by atoms with Gasteiger partial charge in [-0.25, -0.2) is 0 Å². The number of thiophene rings is 1. The summed E-state index contributed by atoms with van der Waals surface area (Å²) in [6, 6.07) is 20.2. The maximum atomic E-state index is 13.8. The van der Waals surface area contributed by atoms with Crippen molar-refractivity contribution in [3.8, 4) is 5.75 Å². The predicted octanol–water partition coefficient (Wildman–Crippen LogP) is 4.48. The fourth-order valence-corrected chi connectivity index (χ4v) is 4.47. The molecule has 0 saturated carbocycles. The van der Waals surface area contributed by atoms with Gasteiger partial charge in [-0.1, -0.05) is 48.0 Å². The highest BCUT2D eigenvalue weighted by Gasteiger charge is 2.34. The highest BCUT2D eigenvalue weighted by molar-refractivity contribution is 7.12. The van der Waals surface area contributed by atoms with Crippen molar-refractivity contribution in [3.05, 3.63) is 106 Å². The minimum absolute atomic E-state index is 0.150. The van der Waals surface area contributed by atoms with Crippen molar-refractivity contribution in [2.75, 3.05) is 18.6 Å². The van der Waals surface area contributed by atoms with Crippen molar-refractivity contribution in [3.63, 3.8) is 0 Å². The number of nitrogens with one attached hydrogen (secondary N) is 2. The molecule has 0 bridgehead atoms. The van der Waals surface area contributed by atoms with Crippen LogP contribution in [0.2, 0.25) is 0 Å². The van der Waals surface area contributed by atoms with Crippen LogP contribution in [0.4, 0.5) is 5.69 Å². The van der Waals surface area contributed by atoms with E-state index in [9.17, 15) is 14.4 Å². The van der Waals surface area contributed by atoms with Crippen LogP contribution >= 0.6 is 11.3 Å². The number of para-hydroxylation sites is 2. The van der Waals surface area contributed by atoms with E-state index in [1.165, 1.54) is 29.6 Å². The quantitative estimate of drug-likeness (QED) is 0.323. The van der Waals surface area contributed by atoms with E-state index in [0.29, 0.717) is 27.6 Å². The van der Waals surface area contributed by atoms with Crippen LogP contribution in [0.3, 0.4) is 0 Å². The van der Waals surface area contributed by atoms with Crippen LogP contribution in [0.1, 0.15) is 32.6 Å². The number of anilines is 1. The Morgan fingerprint density at radius 2 is 1.76 bits per heavy atom. The monoisotopic (exact) mass is 517 g/mol. The number of amides is 3.